The minimum Gasteiger partial charge on any atom is -0.337 e. The molecule has 0 bridgehead atoms. The van der Waals surface area contributed by atoms with Crippen LogP contribution in [-0.2, 0) is 11.3 Å². The molecule has 1 amide bonds. The van der Waals surface area contributed by atoms with Gasteiger partial charge in [-0.25, -0.2) is 4.98 Å². The smallest absolute Gasteiger partial charge is 0.261 e. The van der Waals surface area contributed by atoms with Crippen LogP contribution in [-0.4, -0.2) is 32.4 Å². The van der Waals surface area contributed by atoms with E-state index >= 15 is 0 Å². The topological polar surface area (TPSA) is 55.2 Å². The average Bonchev–Trinajstić information content (AvgIpc) is 2.87. The Morgan fingerprint density at radius 2 is 1.92 bits per heavy atom. The van der Waals surface area contributed by atoms with Gasteiger partial charge in [0.25, 0.3) is 5.56 Å². The number of fused-ring (bicyclic) bond motifs is 1. The van der Waals surface area contributed by atoms with E-state index in [9.17, 15) is 9.59 Å². The third-order valence-electron chi connectivity index (χ3n) is 4.99. The normalized spacial score (nSPS) is 18.6. The van der Waals surface area contributed by atoms with Crippen LogP contribution >= 0.6 is 0 Å². The van der Waals surface area contributed by atoms with Crippen molar-refractivity contribution in [3.05, 3.63) is 39.9 Å². The van der Waals surface area contributed by atoms with Crippen LogP contribution in [0.3, 0.4) is 0 Å². The van der Waals surface area contributed by atoms with Gasteiger partial charge in [-0.05, 0) is 51.8 Å². The Bertz CT molecular complexity index is 861. The summed E-state index contributed by atoms with van der Waals surface area (Å²) in [5, 5.41) is 0.651. The minimum atomic E-state index is -0.174. The third-order valence-corrected chi connectivity index (χ3v) is 4.99. The summed E-state index contributed by atoms with van der Waals surface area (Å²) in [5.74, 6) is 0.320. The number of nitrogens with zero attached hydrogens (tertiary/aromatic N) is 3. The van der Waals surface area contributed by atoms with E-state index in [2.05, 4.69) is 4.98 Å². The molecular formula is C19H25N3O2. The molecule has 0 saturated carbocycles. The van der Waals surface area contributed by atoms with Crippen molar-refractivity contribution in [3.8, 4) is 0 Å². The second-order valence-electron chi connectivity index (χ2n) is 7.85. The van der Waals surface area contributed by atoms with E-state index in [1.54, 1.807) is 10.9 Å². The number of amides is 1. The van der Waals surface area contributed by atoms with Gasteiger partial charge in [-0.1, -0.05) is 6.07 Å². The molecule has 1 saturated heterocycles. The summed E-state index contributed by atoms with van der Waals surface area (Å²) in [6.07, 6.45) is 2.12. The third kappa shape index (κ3) is 2.83. The first kappa shape index (κ1) is 16.7. The van der Waals surface area contributed by atoms with Gasteiger partial charge in [-0.3, -0.25) is 14.2 Å². The average molecular weight is 327 g/mol. The van der Waals surface area contributed by atoms with Crippen LogP contribution in [0.2, 0.25) is 0 Å². The number of benzene rings is 1. The van der Waals surface area contributed by atoms with Crippen molar-refractivity contribution in [2.24, 2.45) is 5.92 Å². The Labute approximate surface area is 142 Å². The molecule has 1 aromatic heterocycles. The standard InChI is InChI=1S/C19H25N3O2/c1-12-6-7-15-17(13(12)2)20-11-21(18(15)24)9-14-8-16(23)22(10-14)19(3,4)5/h6-7,11,14H,8-10H2,1-5H3. The van der Waals surface area contributed by atoms with E-state index in [1.165, 1.54) is 0 Å². The SMILES string of the molecule is Cc1ccc2c(=O)n(CC3CC(=O)N(C(C)(C)C)C3)cnc2c1C. The fourth-order valence-electron chi connectivity index (χ4n) is 3.43. The molecule has 1 fully saturated rings. The maximum atomic E-state index is 12.8. The van der Waals surface area contributed by atoms with E-state index in [-0.39, 0.29) is 22.9 Å². The highest BCUT2D eigenvalue weighted by Crippen LogP contribution is 2.26. The second kappa shape index (κ2) is 5.72. The molecule has 3 rings (SSSR count). The maximum Gasteiger partial charge on any atom is 0.261 e. The summed E-state index contributed by atoms with van der Waals surface area (Å²) < 4.78 is 1.65. The molecule has 1 unspecified atom stereocenters. The Hall–Kier alpha value is -2.17. The van der Waals surface area contributed by atoms with Crippen LogP contribution in [0.4, 0.5) is 0 Å². The van der Waals surface area contributed by atoms with Crippen molar-refractivity contribution in [2.75, 3.05) is 6.54 Å². The van der Waals surface area contributed by atoms with Crippen LogP contribution in [0.15, 0.2) is 23.3 Å². The molecule has 1 aromatic carbocycles. The molecule has 128 valence electrons. The van der Waals surface area contributed by atoms with Gasteiger partial charge in [0.15, 0.2) is 0 Å². The zero-order valence-corrected chi connectivity index (χ0v) is 15.1. The second-order valence-corrected chi connectivity index (χ2v) is 7.85. The quantitative estimate of drug-likeness (QED) is 0.852. The highest BCUT2D eigenvalue weighted by molar-refractivity contribution is 5.81. The van der Waals surface area contributed by atoms with Crippen molar-refractivity contribution in [1.82, 2.24) is 14.5 Å². The number of aryl methyl sites for hydroxylation is 2. The van der Waals surface area contributed by atoms with Gasteiger partial charge in [0.1, 0.15) is 0 Å². The highest BCUT2D eigenvalue weighted by Gasteiger charge is 2.36. The number of carbonyl (C=O) groups is 1. The fraction of sp³-hybridized carbons (Fsp3) is 0.526. The summed E-state index contributed by atoms with van der Waals surface area (Å²) in [4.78, 5) is 31.4. The lowest BCUT2D eigenvalue weighted by Gasteiger charge is -2.32. The first-order valence-corrected chi connectivity index (χ1v) is 8.44. The minimum absolute atomic E-state index is 0.0234. The fourth-order valence-corrected chi connectivity index (χ4v) is 3.43. The number of carbonyl (C=O) groups excluding carboxylic acids is 1. The van der Waals surface area contributed by atoms with Crippen LogP contribution in [0.25, 0.3) is 10.9 Å². The largest absolute Gasteiger partial charge is 0.337 e. The molecule has 0 spiro atoms. The molecular weight excluding hydrogens is 302 g/mol. The van der Waals surface area contributed by atoms with E-state index in [4.69, 9.17) is 0 Å². The monoisotopic (exact) mass is 327 g/mol. The molecule has 1 aliphatic rings. The van der Waals surface area contributed by atoms with E-state index in [1.807, 2.05) is 51.7 Å². The zero-order valence-electron chi connectivity index (χ0n) is 15.1. The first-order chi connectivity index (χ1) is 11.2. The molecule has 2 heterocycles. The van der Waals surface area contributed by atoms with E-state index in [0.29, 0.717) is 24.9 Å². The number of likely N-dealkylation sites (tertiary alicyclic amines) is 1. The van der Waals surface area contributed by atoms with Gasteiger partial charge < -0.3 is 4.90 Å². The predicted molar refractivity (Wildman–Crippen MR) is 95.1 cm³/mol. The first-order valence-electron chi connectivity index (χ1n) is 8.44. The molecule has 2 aromatic rings. The number of hydrogen-bond donors (Lipinski definition) is 0. The highest BCUT2D eigenvalue weighted by atomic mass is 16.2. The Morgan fingerprint density at radius 3 is 2.54 bits per heavy atom. The molecule has 24 heavy (non-hydrogen) atoms. The molecule has 0 aliphatic carbocycles. The van der Waals surface area contributed by atoms with Crippen molar-refractivity contribution in [3.63, 3.8) is 0 Å². The number of aromatic nitrogens is 2. The molecule has 0 N–H and O–H groups in total. The molecule has 1 aliphatic heterocycles. The Kier molecular flexibility index (Phi) is 3.98. The molecule has 5 nitrogen and oxygen atoms in total. The van der Waals surface area contributed by atoms with E-state index < -0.39 is 0 Å². The van der Waals surface area contributed by atoms with Crippen LogP contribution in [0.1, 0.15) is 38.3 Å². The van der Waals surface area contributed by atoms with Gasteiger partial charge in [0.05, 0.1) is 17.2 Å². The Morgan fingerprint density at radius 1 is 1.21 bits per heavy atom. The lowest BCUT2D eigenvalue weighted by molar-refractivity contribution is -0.131. The van der Waals surface area contributed by atoms with Crippen LogP contribution < -0.4 is 5.56 Å². The van der Waals surface area contributed by atoms with Gasteiger partial charge in [-0.15, -0.1) is 0 Å². The lowest BCUT2D eigenvalue weighted by atomic mass is 10.1. The zero-order chi connectivity index (χ0) is 17.6. The number of rotatable bonds is 2. The number of hydrogen-bond acceptors (Lipinski definition) is 3. The van der Waals surface area contributed by atoms with Crippen molar-refractivity contribution >= 4 is 16.8 Å². The van der Waals surface area contributed by atoms with Gasteiger partial charge >= 0.3 is 0 Å². The predicted octanol–water partition coefficient (Wildman–Crippen LogP) is 2.66. The molecule has 5 heteroatoms. The van der Waals surface area contributed by atoms with Crippen molar-refractivity contribution in [1.29, 1.82) is 0 Å². The molecule has 0 radical (unpaired) electrons. The van der Waals surface area contributed by atoms with Gasteiger partial charge in [0.2, 0.25) is 5.91 Å². The Balaban J connectivity index is 1.90. The summed E-state index contributed by atoms with van der Waals surface area (Å²) in [6.45, 7) is 11.4. The lowest BCUT2D eigenvalue weighted by Crippen LogP contribution is -2.42. The van der Waals surface area contributed by atoms with Crippen molar-refractivity contribution < 1.29 is 4.79 Å². The summed E-state index contributed by atoms with van der Waals surface area (Å²) in [5.41, 5.74) is 2.76. The molecule has 1 atom stereocenters. The summed E-state index contributed by atoms with van der Waals surface area (Å²) in [7, 11) is 0. The van der Waals surface area contributed by atoms with E-state index in [0.717, 1.165) is 16.6 Å². The van der Waals surface area contributed by atoms with Gasteiger partial charge in [0, 0.05) is 31.0 Å². The summed E-state index contributed by atoms with van der Waals surface area (Å²) in [6, 6.07) is 3.82. The van der Waals surface area contributed by atoms with Gasteiger partial charge in [-0.2, -0.15) is 0 Å². The summed E-state index contributed by atoms with van der Waals surface area (Å²) >= 11 is 0. The van der Waals surface area contributed by atoms with Crippen molar-refractivity contribution in [2.45, 2.75) is 53.1 Å². The maximum absolute atomic E-state index is 12.8. The van der Waals surface area contributed by atoms with Crippen LogP contribution in [0, 0.1) is 19.8 Å². The van der Waals surface area contributed by atoms with Crippen LogP contribution in [0.5, 0.6) is 0 Å².